The first-order valence-electron chi connectivity index (χ1n) is 5.47. The van der Waals surface area contributed by atoms with Crippen LogP contribution in [-0.4, -0.2) is 39.5 Å². The number of rotatable bonds is 6. The van der Waals surface area contributed by atoms with E-state index in [1.165, 1.54) is 17.5 Å². The first-order chi connectivity index (χ1) is 8.43. The van der Waals surface area contributed by atoms with Gasteiger partial charge in [0, 0.05) is 30.4 Å². The van der Waals surface area contributed by atoms with E-state index < -0.39 is 10.0 Å². The highest BCUT2D eigenvalue weighted by Crippen LogP contribution is 2.26. The van der Waals surface area contributed by atoms with Crippen LogP contribution in [0.2, 0.25) is 0 Å². The fourth-order valence-electron chi connectivity index (χ4n) is 1.50. The molecule has 102 valence electrons. The zero-order valence-electron chi connectivity index (χ0n) is 10.4. The van der Waals surface area contributed by atoms with Gasteiger partial charge in [-0.3, -0.25) is 0 Å². The van der Waals surface area contributed by atoms with E-state index >= 15 is 0 Å². The maximum Gasteiger partial charge on any atom is 0.244 e. The Labute approximate surface area is 116 Å². The Kier molecular flexibility index (Phi) is 5.58. The number of likely N-dealkylation sites (N-methyl/N-ethyl adjacent to an activating group) is 1. The van der Waals surface area contributed by atoms with E-state index in [0.29, 0.717) is 29.9 Å². The van der Waals surface area contributed by atoms with Crippen LogP contribution in [0.15, 0.2) is 27.6 Å². The molecule has 0 heterocycles. The van der Waals surface area contributed by atoms with E-state index in [1.807, 2.05) is 0 Å². The molecule has 0 saturated heterocycles. The summed E-state index contributed by atoms with van der Waals surface area (Å²) in [4.78, 5) is 0.181. The average molecular weight is 337 g/mol. The van der Waals surface area contributed by atoms with Gasteiger partial charge < -0.3 is 10.5 Å². The lowest BCUT2D eigenvalue weighted by Gasteiger charge is -2.21. The quantitative estimate of drug-likeness (QED) is 0.802. The van der Waals surface area contributed by atoms with Crippen molar-refractivity contribution in [1.82, 2.24) is 4.31 Å². The molecule has 0 bridgehead atoms. The first-order valence-corrected chi connectivity index (χ1v) is 7.71. The maximum atomic E-state index is 12.4. The minimum absolute atomic E-state index is 0.181. The van der Waals surface area contributed by atoms with Crippen molar-refractivity contribution in [1.29, 1.82) is 0 Å². The predicted molar refractivity (Wildman–Crippen MR) is 74.9 cm³/mol. The molecule has 0 atom stereocenters. The minimum Gasteiger partial charge on any atom is -0.399 e. The van der Waals surface area contributed by atoms with Crippen molar-refractivity contribution in [2.75, 3.05) is 32.5 Å². The molecule has 0 radical (unpaired) electrons. The molecule has 0 aliphatic heterocycles. The summed E-state index contributed by atoms with van der Waals surface area (Å²) in [5.41, 5.74) is 6.05. The van der Waals surface area contributed by atoms with Gasteiger partial charge in [-0.05, 0) is 34.1 Å². The van der Waals surface area contributed by atoms with Crippen LogP contribution in [0.3, 0.4) is 0 Å². The average Bonchev–Trinajstić information content (AvgIpc) is 2.33. The van der Waals surface area contributed by atoms with Gasteiger partial charge in [-0.25, -0.2) is 8.42 Å². The molecule has 2 N–H and O–H groups in total. The number of anilines is 1. The number of nitrogens with zero attached hydrogens (tertiary/aromatic N) is 1. The summed E-state index contributed by atoms with van der Waals surface area (Å²) in [7, 11) is -2.01. The molecule has 5 nitrogen and oxygen atoms in total. The Morgan fingerprint density at radius 2 is 2.11 bits per heavy atom. The summed E-state index contributed by atoms with van der Waals surface area (Å²) in [6, 6.07) is 4.73. The summed E-state index contributed by atoms with van der Waals surface area (Å²) < 4.78 is 31.6. The molecule has 0 spiro atoms. The largest absolute Gasteiger partial charge is 0.399 e. The van der Waals surface area contributed by atoms with Gasteiger partial charge in [-0.1, -0.05) is 6.92 Å². The molecule has 1 aromatic carbocycles. The van der Waals surface area contributed by atoms with Crippen molar-refractivity contribution in [3.8, 4) is 0 Å². The smallest absolute Gasteiger partial charge is 0.244 e. The van der Waals surface area contributed by atoms with Gasteiger partial charge in [0.15, 0.2) is 0 Å². The lowest BCUT2D eigenvalue weighted by molar-refractivity contribution is 0.180. The van der Waals surface area contributed by atoms with Crippen LogP contribution in [0.5, 0.6) is 0 Å². The van der Waals surface area contributed by atoms with Crippen LogP contribution < -0.4 is 5.73 Å². The summed E-state index contributed by atoms with van der Waals surface area (Å²) >= 11 is 3.24. The first kappa shape index (κ1) is 15.4. The molecule has 0 unspecified atom stereocenters. The molecule has 0 amide bonds. The van der Waals surface area contributed by atoms with Crippen molar-refractivity contribution in [3.63, 3.8) is 0 Å². The van der Waals surface area contributed by atoms with Gasteiger partial charge in [0.2, 0.25) is 10.0 Å². The molecule has 0 fully saturated rings. The van der Waals surface area contributed by atoms with Crippen LogP contribution >= 0.6 is 15.9 Å². The zero-order valence-corrected chi connectivity index (χ0v) is 12.8. The predicted octanol–water partition coefficient (Wildman–Crippen LogP) is 1.69. The number of hydrogen-bond acceptors (Lipinski definition) is 4. The Bertz CT molecular complexity index is 505. The van der Waals surface area contributed by atoms with E-state index in [2.05, 4.69) is 15.9 Å². The summed E-state index contributed by atoms with van der Waals surface area (Å²) in [5.74, 6) is 0. The maximum absolute atomic E-state index is 12.4. The molecule has 18 heavy (non-hydrogen) atoms. The van der Waals surface area contributed by atoms with Gasteiger partial charge in [0.25, 0.3) is 0 Å². The van der Waals surface area contributed by atoms with Crippen LogP contribution in [-0.2, 0) is 14.8 Å². The third kappa shape index (κ3) is 3.44. The molecule has 0 aliphatic carbocycles. The Hall–Kier alpha value is -0.630. The van der Waals surface area contributed by atoms with E-state index in [-0.39, 0.29) is 4.90 Å². The monoisotopic (exact) mass is 336 g/mol. The van der Waals surface area contributed by atoms with Crippen LogP contribution in [0, 0.1) is 0 Å². The number of methoxy groups -OCH3 is 1. The van der Waals surface area contributed by atoms with E-state index in [0.717, 1.165) is 0 Å². The van der Waals surface area contributed by atoms with Crippen LogP contribution in [0.4, 0.5) is 5.69 Å². The second kappa shape index (κ2) is 6.51. The lowest BCUT2D eigenvalue weighted by atomic mass is 10.3. The number of sulfonamides is 1. The Balaban J connectivity index is 3.14. The van der Waals surface area contributed by atoms with Gasteiger partial charge >= 0.3 is 0 Å². The third-order valence-corrected chi connectivity index (χ3v) is 5.44. The SMILES string of the molecule is CCN(CCOC)S(=O)(=O)c1cc(N)ccc1Br. The summed E-state index contributed by atoms with van der Waals surface area (Å²) in [6.45, 7) is 2.84. The standard InChI is InChI=1S/C11H17BrN2O3S/c1-3-14(6-7-17-2)18(15,16)11-8-9(13)4-5-10(11)12/h4-5,8H,3,6-7,13H2,1-2H3. The molecule has 0 saturated carbocycles. The zero-order chi connectivity index (χ0) is 13.8. The van der Waals surface area contributed by atoms with Gasteiger partial charge in [0.05, 0.1) is 11.5 Å². The van der Waals surface area contributed by atoms with Crippen molar-refractivity contribution < 1.29 is 13.2 Å². The second-order valence-electron chi connectivity index (χ2n) is 3.68. The number of ether oxygens (including phenoxy) is 1. The van der Waals surface area contributed by atoms with Crippen molar-refractivity contribution in [2.24, 2.45) is 0 Å². The topological polar surface area (TPSA) is 72.6 Å². The van der Waals surface area contributed by atoms with Gasteiger partial charge in [-0.15, -0.1) is 0 Å². The third-order valence-electron chi connectivity index (χ3n) is 2.47. The van der Waals surface area contributed by atoms with Crippen molar-refractivity contribution >= 4 is 31.6 Å². The lowest BCUT2D eigenvalue weighted by Crippen LogP contribution is -2.34. The van der Waals surface area contributed by atoms with Crippen molar-refractivity contribution in [3.05, 3.63) is 22.7 Å². The van der Waals surface area contributed by atoms with E-state index in [9.17, 15) is 8.42 Å². The van der Waals surface area contributed by atoms with Gasteiger partial charge in [0.1, 0.15) is 0 Å². The highest BCUT2D eigenvalue weighted by atomic mass is 79.9. The molecule has 1 rings (SSSR count). The molecule has 0 aliphatic rings. The fraction of sp³-hybridized carbons (Fsp3) is 0.455. The van der Waals surface area contributed by atoms with Crippen LogP contribution in [0.1, 0.15) is 6.92 Å². The Morgan fingerprint density at radius 3 is 2.67 bits per heavy atom. The summed E-state index contributed by atoms with van der Waals surface area (Å²) in [6.07, 6.45) is 0. The van der Waals surface area contributed by atoms with E-state index in [1.54, 1.807) is 19.1 Å². The van der Waals surface area contributed by atoms with E-state index in [4.69, 9.17) is 10.5 Å². The van der Waals surface area contributed by atoms with Gasteiger partial charge in [-0.2, -0.15) is 4.31 Å². The number of halogens is 1. The second-order valence-corrected chi connectivity index (χ2v) is 6.44. The molecular weight excluding hydrogens is 320 g/mol. The number of nitrogen functional groups attached to an aromatic ring is 1. The number of hydrogen-bond donors (Lipinski definition) is 1. The van der Waals surface area contributed by atoms with Crippen molar-refractivity contribution in [2.45, 2.75) is 11.8 Å². The molecule has 0 aromatic heterocycles. The number of nitrogens with two attached hydrogens (primary N) is 1. The minimum atomic E-state index is -3.55. The highest BCUT2D eigenvalue weighted by molar-refractivity contribution is 9.10. The Morgan fingerprint density at radius 1 is 1.44 bits per heavy atom. The normalized spacial score (nSPS) is 12.0. The number of benzene rings is 1. The van der Waals surface area contributed by atoms with Crippen LogP contribution in [0.25, 0.3) is 0 Å². The molecule has 1 aromatic rings. The molecular formula is C11H17BrN2O3S. The highest BCUT2D eigenvalue weighted by Gasteiger charge is 2.25. The fourth-order valence-corrected chi connectivity index (χ4v) is 3.89. The molecule has 7 heteroatoms. The summed E-state index contributed by atoms with van der Waals surface area (Å²) in [5, 5.41) is 0.